The summed E-state index contributed by atoms with van der Waals surface area (Å²) in [5.74, 6) is 1.02. The van der Waals surface area contributed by atoms with E-state index in [1.165, 1.54) is 5.56 Å². The highest BCUT2D eigenvalue weighted by atomic mass is 35.5. The number of nitrogens with zero attached hydrogens (tertiary/aromatic N) is 2. The number of aromatic nitrogens is 1. The normalized spacial score (nSPS) is 12.3. The Hall–Kier alpha value is -1.86. The predicted octanol–water partition coefficient (Wildman–Crippen LogP) is 5.06. The average Bonchev–Trinajstić information content (AvgIpc) is 3.32. The van der Waals surface area contributed by atoms with Crippen LogP contribution in [0.1, 0.15) is 23.9 Å². The minimum Gasteiger partial charge on any atom is -0.441 e. The number of halogens is 2. The molecule has 2 aromatic heterocycles. The van der Waals surface area contributed by atoms with Crippen LogP contribution < -0.4 is 5.32 Å². The standard InChI is InChI=1S/C20H21Cl2N3O2S/c1-25(2)17(13-7-8-28-12-13)10-23-19(26)5-6-20-24-11-18(27-20)15-4-3-14(21)9-16(15)22/h3-4,7-9,11-12,17H,5-6,10H2,1-2H3,(H,23,26). The minimum absolute atomic E-state index is 0.0358. The van der Waals surface area contributed by atoms with E-state index in [1.54, 1.807) is 35.7 Å². The zero-order chi connectivity index (χ0) is 20.1. The molecule has 148 valence electrons. The van der Waals surface area contributed by atoms with Gasteiger partial charge in [0.05, 0.1) is 17.3 Å². The van der Waals surface area contributed by atoms with E-state index in [2.05, 4.69) is 26.6 Å². The maximum atomic E-state index is 12.2. The molecule has 0 fully saturated rings. The molecule has 0 spiro atoms. The number of likely N-dealkylation sites (N-methyl/N-ethyl adjacent to an activating group) is 1. The van der Waals surface area contributed by atoms with Crippen LogP contribution >= 0.6 is 34.5 Å². The van der Waals surface area contributed by atoms with Gasteiger partial charge in [0.15, 0.2) is 11.7 Å². The molecule has 0 aliphatic rings. The van der Waals surface area contributed by atoms with Crippen molar-refractivity contribution in [2.45, 2.75) is 18.9 Å². The molecule has 1 N–H and O–H groups in total. The van der Waals surface area contributed by atoms with Crippen molar-refractivity contribution in [3.63, 3.8) is 0 Å². The highest BCUT2D eigenvalue weighted by Gasteiger charge is 2.16. The topological polar surface area (TPSA) is 58.4 Å². The zero-order valence-electron chi connectivity index (χ0n) is 15.6. The van der Waals surface area contributed by atoms with Crippen LogP contribution in [0.5, 0.6) is 0 Å². The van der Waals surface area contributed by atoms with Gasteiger partial charge in [-0.15, -0.1) is 0 Å². The molecular weight excluding hydrogens is 417 g/mol. The quantitative estimate of drug-likeness (QED) is 0.534. The molecule has 0 bridgehead atoms. The van der Waals surface area contributed by atoms with Gasteiger partial charge in [0.1, 0.15) is 0 Å². The van der Waals surface area contributed by atoms with Gasteiger partial charge in [0, 0.05) is 30.0 Å². The number of thiophene rings is 1. The number of hydrogen-bond donors (Lipinski definition) is 1. The Morgan fingerprint density at radius 3 is 2.82 bits per heavy atom. The van der Waals surface area contributed by atoms with Crippen LogP contribution in [0.2, 0.25) is 10.0 Å². The summed E-state index contributed by atoms with van der Waals surface area (Å²) in [6, 6.07) is 7.41. The monoisotopic (exact) mass is 437 g/mol. The largest absolute Gasteiger partial charge is 0.441 e. The summed E-state index contributed by atoms with van der Waals surface area (Å²) in [5.41, 5.74) is 1.92. The molecular formula is C20H21Cl2N3O2S. The SMILES string of the molecule is CN(C)C(CNC(=O)CCc1ncc(-c2ccc(Cl)cc2Cl)o1)c1ccsc1. The Labute approximate surface area is 178 Å². The van der Waals surface area contributed by atoms with E-state index in [0.717, 1.165) is 5.56 Å². The van der Waals surface area contributed by atoms with Crippen molar-refractivity contribution in [2.24, 2.45) is 0 Å². The Balaban J connectivity index is 1.53. The fourth-order valence-corrected chi connectivity index (χ4v) is 4.03. The number of benzene rings is 1. The first-order valence-electron chi connectivity index (χ1n) is 8.79. The molecule has 0 aliphatic heterocycles. The molecule has 2 heterocycles. The van der Waals surface area contributed by atoms with Gasteiger partial charge in [-0.25, -0.2) is 4.98 Å². The Morgan fingerprint density at radius 2 is 2.14 bits per heavy atom. The number of carbonyl (C=O) groups is 1. The maximum absolute atomic E-state index is 12.2. The number of oxazole rings is 1. The molecule has 1 aromatic carbocycles. The van der Waals surface area contributed by atoms with Gasteiger partial charge < -0.3 is 14.6 Å². The number of hydrogen-bond acceptors (Lipinski definition) is 5. The first-order valence-corrected chi connectivity index (χ1v) is 10.5. The van der Waals surface area contributed by atoms with Crippen LogP contribution in [0.3, 0.4) is 0 Å². The first-order chi connectivity index (χ1) is 13.4. The average molecular weight is 438 g/mol. The van der Waals surface area contributed by atoms with Gasteiger partial charge in [-0.2, -0.15) is 11.3 Å². The van der Waals surface area contributed by atoms with Crippen LogP contribution in [-0.4, -0.2) is 36.4 Å². The molecule has 5 nitrogen and oxygen atoms in total. The summed E-state index contributed by atoms with van der Waals surface area (Å²) >= 11 is 13.8. The van der Waals surface area contributed by atoms with Crippen molar-refractivity contribution in [3.05, 3.63) is 62.7 Å². The van der Waals surface area contributed by atoms with Crippen LogP contribution in [0.25, 0.3) is 11.3 Å². The molecule has 0 saturated carbocycles. The first kappa shape index (κ1) is 20.9. The molecule has 0 saturated heterocycles. The third-order valence-corrected chi connectivity index (χ3v) is 5.61. The van der Waals surface area contributed by atoms with Crippen molar-refractivity contribution in [1.82, 2.24) is 15.2 Å². The van der Waals surface area contributed by atoms with Crippen molar-refractivity contribution < 1.29 is 9.21 Å². The van der Waals surface area contributed by atoms with E-state index in [9.17, 15) is 4.79 Å². The molecule has 3 rings (SSSR count). The van der Waals surface area contributed by atoms with E-state index < -0.39 is 0 Å². The molecule has 1 atom stereocenters. The van der Waals surface area contributed by atoms with Crippen LogP contribution in [0, 0.1) is 0 Å². The second-order valence-electron chi connectivity index (χ2n) is 6.58. The second-order valence-corrected chi connectivity index (χ2v) is 8.21. The Bertz CT molecular complexity index is 925. The molecule has 1 amide bonds. The number of nitrogens with one attached hydrogen (secondary N) is 1. The summed E-state index contributed by atoms with van der Waals surface area (Å²) in [6.45, 7) is 0.555. The smallest absolute Gasteiger partial charge is 0.220 e. The van der Waals surface area contributed by atoms with E-state index in [0.29, 0.717) is 41.1 Å². The fourth-order valence-electron chi connectivity index (χ4n) is 2.82. The van der Waals surface area contributed by atoms with Gasteiger partial charge in [-0.1, -0.05) is 23.2 Å². The van der Waals surface area contributed by atoms with Gasteiger partial charge in [0.2, 0.25) is 5.91 Å². The third kappa shape index (κ3) is 5.35. The van der Waals surface area contributed by atoms with Crippen molar-refractivity contribution in [3.8, 4) is 11.3 Å². The molecule has 28 heavy (non-hydrogen) atoms. The summed E-state index contributed by atoms with van der Waals surface area (Å²) in [7, 11) is 4.01. The lowest BCUT2D eigenvalue weighted by Crippen LogP contribution is -2.34. The lowest BCUT2D eigenvalue weighted by molar-refractivity contribution is -0.121. The Kier molecular flexibility index (Phi) is 7.13. The number of carbonyl (C=O) groups excluding carboxylic acids is 1. The molecule has 0 radical (unpaired) electrons. The van der Waals surface area contributed by atoms with Gasteiger partial charge in [-0.05, 0) is 54.7 Å². The van der Waals surface area contributed by atoms with Gasteiger partial charge >= 0.3 is 0 Å². The maximum Gasteiger partial charge on any atom is 0.220 e. The zero-order valence-corrected chi connectivity index (χ0v) is 17.9. The molecule has 8 heteroatoms. The van der Waals surface area contributed by atoms with Crippen LogP contribution in [0.15, 0.2) is 45.6 Å². The van der Waals surface area contributed by atoms with Crippen LogP contribution in [0.4, 0.5) is 0 Å². The highest BCUT2D eigenvalue weighted by Crippen LogP contribution is 2.30. The van der Waals surface area contributed by atoms with E-state index in [-0.39, 0.29) is 11.9 Å². The summed E-state index contributed by atoms with van der Waals surface area (Å²) in [5, 5.41) is 8.20. The molecule has 1 unspecified atom stereocenters. The highest BCUT2D eigenvalue weighted by molar-refractivity contribution is 7.08. The van der Waals surface area contributed by atoms with E-state index in [1.807, 2.05) is 19.5 Å². The lowest BCUT2D eigenvalue weighted by atomic mass is 10.1. The van der Waals surface area contributed by atoms with E-state index in [4.69, 9.17) is 27.6 Å². The molecule has 3 aromatic rings. The van der Waals surface area contributed by atoms with Crippen molar-refractivity contribution in [2.75, 3.05) is 20.6 Å². The fraction of sp³-hybridized carbons (Fsp3) is 0.300. The van der Waals surface area contributed by atoms with E-state index >= 15 is 0 Å². The summed E-state index contributed by atoms with van der Waals surface area (Å²) in [4.78, 5) is 18.6. The lowest BCUT2D eigenvalue weighted by Gasteiger charge is -2.23. The molecule has 0 aliphatic carbocycles. The predicted molar refractivity (Wildman–Crippen MR) is 114 cm³/mol. The van der Waals surface area contributed by atoms with Crippen molar-refractivity contribution >= 4 is 40.4 Å². The Morgan fingerprint density at radius 1 is 1.32 bits per heavy atom. The number of aryl methyl sites for hydroxylation is 1. The van der Waals surface area contributed by atoms with Crippen molar-refractivity contribution in [1.29, 1.82) is 0 Å². The summed E-state index contributed by atoms with van der Waals surface area (Å²) in [6.07, 6.45) is 2.33. The number of amides is 1. The van der Waals surface area contributed by atoms with Gasteiger partial charge in [-0.3, -0.25) is 4.79 Å². The van der Waals surface area contributed by atoms with Gasteiger partial charge in [0.25, 0.3) is 0 Å². The third-order valence-electron chi connectivity index (χ3n) is 4.36. The second kappa shape index (κ2) is 9.56. The number of rotatable bonds is 8. The summed E-state index contributed by atoms with van der Waals surface area (Å²) < 4.78 is 5.74. The van der Waals surface area contributed by atoms with Crippen LogP contribution in [-0.2, 0) is 11.2 Å². The minimum atomic E-state index is -0.0358.